The van der Waals surface area contributed by atoms with E-state index in [1.165, 1.54) is 16.3 Å². The summed E-state index contributed by atoms with van der Waals surface area (Å²) in [5.74, 6) is -2.56. The Morgan fingerprint density at radius 2 is 1.55 bits per heavy atom. The molecule has 3 aromatic rings. The summed E-state index contributed by atoms with van der Waals surface area (Å²) >= 11 is 0. The highest BCUT2D eigenvalue weighted by molar-refractivity contribution is 5.96. The van der Waals surface area contributed by atoms with Crippen molar-refractivity contribution >= 4 is 22.6 Å². The Morgan fingerprint density at radius 1 is 0.871 bits per heavy atom. The van der Waals surface area contributed by atoms with Crippen LogP contribution in [0.5, 0.6) is 0 Å². The molecule has 0 spiro atoms. The molecule has 0 atom stereocenters. The van der Waals surface area contributed by atoms with Gasteiger partial charge in [0.2, 0.25) is 5.91 Å². The van der Waals surface area contributed by atoms with Gasteiger partial charge in [-0.05, 0) is 28.5 Å². The smallest absolute Gasteiger partial charge is 0.251 e. The number of hydrogen-bond donors (Lipinski definition) is 1. The summed E-state index contributed by atoms with van der Waals surface area (Å²) in [6.07, 6.45) is 0. The van der Waals surface area contributed by atoms with Crippen LogP contribution >= 0.6 is 0 Å². The van der Waals surface area contributed by atoms with Gasteiger partial charge in [-0.25, -0.2) is 8.78 Å². The summed E-state index contributed by atoms with van der Waals surface area (Å²) in [7, 11) is 0. The minimum absolute atomic E-state index is 0.148. The molecular formula is C24H23F2N3O2. The fourth-order valence-electron chi connectivity index (χ4n) is 3.88. The standard InChI is InChI=1S/C24H23F2N3O2/c25-20-12-19(13-21(26)14-20)24(31)27-15-23(30)29-10-8-28(9-11-29)16-18-6-3-5-17-4-1-2-7-22(17)18/h1-7,12-14H,8-11,15-16H2,(H,27,31). The van der Waals surface area contributed by atoms with E-state index in [-0.39, 0.29) is 18.0 Å². The molecule has 1 aliphatic rings. The number of carbonyl (C=O) groups is 2. The number of carbonyl (C=O) groups excluding carboxylic acids is 2. The molecule has 1 fully saturated rings. The first-order chi connectivity index (χ1) is 15.0. The van der Waals surface area contributed by atoms with Crippen LogP contribution in [0.15, 0.2) is 60.7 Å². The molecule has 0 bridgehead atoms. The van der Waals surface area contributed by atoms with Crippen LogP contribution in [0.4, 0.5) is 8.78 Å². The first kappa shape index (κ1) is 20.9. The summed E-state index contributed by atoms with van der Waals surface area (Å²) in [5.41, 5.74) is 1.11. The highest BCUT2D eigenvalue weighted by atomic mass is 19.1. The van der Waals surface area contributed by atoms with Crippen LogP contribution < -0.4 is 5.32 Å². The molecule has 4 rings (SSSR count). The molecule has 1 N–H and O–H groups in total. The zero-order valence-corrected chi connectivity index (χ0v) is 17.0. The molecule has 0 aliphatic carbocycles. The van der Waals surface area contributed by atoms with Crippen molar-refractivity contribution in [3.63, 3.8) is 0 Å². The molecule has 0 aromatic heterocycles. The predicted octanol–water partition coefficient (Wildman–Crippen LogP) is 3.19. The molecule has 1 aliphatic heterocycles. The minimum Gasteiger partial charge on any atom is -0.343 e. The number of piperazine rings is 1. The lowest BCUT2D eigenvalue weighted by Crippen LogP contribution is -2.50. The van der Waals surface area contributed by atoms with Crippen LogP contribution in [0.25, 0.3) is 10.8 Å². The van der Waals surface area contributed by atoms with E-state index in [1.54, 1.807) is 4.90 Å². The quantitative estimate of drug-likeness (QED) is 0.686. The van der Waals surface area contributed by atoms with E-state index in [1.807, 2.05) is 12.1 Å². The summed E-state index contributed by atoms with van der Waals surface area (Å²) in [4.78, 5) is 28.5. The van der Waals surface area contributed by atoms with E-state index in [0.717, 1.165) is 31.8 Å². The molecule has 0 unspecified atom stereocenters. The summed E-state index contributed by atoms with van der Waals surface area (Å²) < 4.78 is 26.5. The first-order valence-electron chi connectivity index (χ1n) is 10.2. The number of nitrogens with one attached hydrogen (secondary N) is 1. The van der Waals surface area contributed by atoms with Gasteiger partial charge in [0.05, 0.1) is 6.54 Å². The van der Waals surface area contributed by atoms with E-state index in [0.29, 0.717) is 19.2 Å². The minimum atomic E-state index is -0.834. The highest BCUT2D eigenvalue weighted by Gasteiger charge is 2.22. The van der Waals surface area contributed by atoms with Crippen molar-refractivity contribution in [1.82, 2.24) is 15.1 Å². The van der Waals surface area contributed by atoms with Crippen LogP contribution in [-0.2, 0) is 11.3 Å². The van der Waals surface area contributed by atoms with Crippen molar-refractivity contribution in [1.29, 1.82) is 0 Å². The number of amides is 2. The molecule has 1 saturated heterocycles. The van der Waals surface area contributed by atoms with Gasteiger partial charge < -0.3 is 10.2 Å². The van der Waals surface area contributed by atoms with Crippen molar-refractivity contribution < 1.29 is 18.4 Å². The second-order valence-electron chi connectivity index (χ2n) is 7.64. The van der Waals surface area contributed by atoms with Gasteiger partial charge in [-0.2, -0.15) is 0 Å². The maximum Gasteiger partial charge on any atom is 0.251 e. The van der Waals surface area contributed by atoms with Gasteiger partial charge >= 0.3 is 0 Å². The molecular weight excluding hydrogens is 400 g/mol. The molecule has 7 heteroatoms. The maximum atomic E-state index is 13.3. The lowest BCUT2D eigenvalue weighted by Gasteiger charge is -2.35. The fourth-order valence-corrected chi connectivity index (χ4v) is 3.88. The summed E-state index contributed by atoms with van der Waals surface area (Å²) in [5, 5.41) is 4.89. The molecule has 5 nitrogen and oxygen atoms in total. The molecule has 2 amide bonds. The first-order valence-corrected chi connectivity index (χ1v) is 10.2. The van der Waals surface area contributed by atoms with Gasteiger partial charge in [-0.3, -0.25) is 14.5 Å². The summed E-state index contributed by atoms with van der Waals surface area (Å²) in [6, 6.07) is 17.1. The van der Waals surface area contributed by atoms with Crippen molar-refractivity contribution in [2.24, 2.45) is 0 Å². The van der Waals surface area contributed by atoms with Crippen LogP contribution in [0.2, 0.25) is 0 Å². The Balaban J connectivity index is 1.28. The predicted molar refractivity (Wildman–Crippen MR) is 114 cm³/mol. The monoisotopic (exact) mass is 423 g/mol. The van der Waals surface area contributed by atoms with E-state index in [2.05, 4.69) is 40.5 Å². The van der Waals surface area contributed by atoms with Crippen molar-refractivity contribution in [3.05, 3.63) is 83.4 Å². The number of halogens is 2. The third-order valence-electron chi connectivity index (χ3n) is 5.52. The average molecular weight is 423 g/mol. The van der Waals surface area contributed by atoms with Crippen molar-refractivity contribution in [2.75, 3.05) is 32.7 Å². The molecule has 3 aromatic carbocycles. The second-order valence-corrected chi connectivity index (χ2v) is 7.64. The fraction of sp³-hybridized carbons (Fsp3) is 0.250. The largest absolute Gasteiger partial charge is 0.343 e. The van der Waals surface area contributed by atoms with Crippen LogP contribution in [0, 0.1) is 11.6 Å². The lowest BCUT2D eigenvalue weighted by molar-refractivity contribution is -0.131. The SMILES string of the molecule is O=C(NCC(=O)N1CCN(Cc2cccc3ccccc23)CC1)c1cc(F)cc(F)c1. The van der Waals surface area contributed by atoms with E-state index >= 15 is 0 Å². The molecule has 160 valence electrons. The van der Waals surface area contributed by atoms with Gasteiger partial charge in [0.25, 0.3) is 5.91 Å². The number of hydrogen-bond acceptors (Lipinski definition) is 3. The van der Waals surface area contributed by atoms with Gasteiger partial charge in [-0.15, -0.1) is 0 Å². The average Bonchev–Trinajstić information content (AvgIpc) is 2.77. The third kappa shape index (κ3) is 5.06. The van der Waals surface area contributed by atoms with E-state index in [4.69, 9.17) is 0 Å². The Hall–Kier alpha value is -3.32. The van der Waals surface area contributed by atoms with Gasteiger partial charge in [0.1, 0.15) is 11.6 Å². The number of nitrogens with zero attached hydrogens (tertiary/aromatic N) is 2. The van der Waals surface area contributed by atoms with E-state index in [9.17, 15) is 18.4 Å². The van der Waals surface area contributed by atoms with Gasteiger partial charge in [-0.1, -0.05) is 42.5 Å². The lowest BCUT2D eigenvalue weighted by atomic mass is 10.0. The number of fused-ring (bicyclic) bond motifs is 1. The van der Waals surface area contributed by atoms with Crippen molar-refractivity contribution in [2.45, 2.75) is 6.54 Å². The number of benzene rings is 3. The zero-order chi connectivity index (χ0) is 21.8. The molecule has 0 saturated carbocycles. The molecule has 31 heavy (non-hydrogen) atoms. The zero-order valence-electron chi connectivity index (χ0n) is 17.0. The normalized spacial score (nSPS) is 14.6. The summed E-state index contributed by atoms with van der Waals surface area (Å²) in [6.45, 7) is 3.20. The Bertz CT molecular complexity index is 1090. The Labute approximate surface area is 179 Å². The third-order valence-corrected chi connectivity index (χ3v) is 5.52. The Morgan fingerprint density at radius 3 is 2.29 bits per heavy atom. The topological polar surface area (TPSA) is 52.7 Å². The maximum absolute atomic E-state index is 13.3. The van der Waals surface area contributed by atoms with Gasteiger partial charge in [0.15, 0.2) is 0 Å². The van der Waals surface area contributed by atoms with Crippen LogP contribution in [0.1, 0.15) is 15.9 Å². The van der Waals surface area contributed by atoms with Gasteiger partial charge in [0, 0.05) is 44.4 Å². The second kappa shape index (κ2) is 9.22. The van der Waals surface area contributed by atoms with Crippen molar-refractivity contribution in [3.8, 4) is 0 Å². The van der Waals surface area contributed by atoms with Crippen LogP contribution in [-0.4, -0.2) is 54.3 Å². The number of rotatable bonds is 5. The van der Waals surface area contributed by atoms with E-state index < -0.39 is 17.5 Å². The van der Waals surface area contributed by atoms with Crippen LogP contribution in [0.3, 0.4) is 0 Å². The Kier molecular flexibility index (Phi) is 6.23. The molecule has 0 radical (unpaired) electrons. The molecule has 1 heterocycles. The highest BCUT2D eigenvalue weighted by Crippen LogP contribution is 2.20.